The topological polar surface area (TPSA) is 30.5 Å². The first-order chi connectivity index (χ1) is 9.04. The Morgan fingerprint density at radius 1 is 1.26 bits per heavy atom. The molecule has 0 aliphatic carbocycles. The number of anilines is 1. The third kappa shape index (κ3) is 3.72. The van der Waals surface area contributed by atoms with E-state index in [2.05, 4.69) is 19.2 Å². The van der Waals surface area contributed by atoms with Crippen LogP contribution in [0.3, 0.4) is 0 Å². The van der Waals surface area contributed by atoms with Crippen molar-refractivity contribution in [1.82, 2.24) is 0 Å². The second-order valence-corrected chi connectivity index (χ2v) is 6.82. The second kappa shape index (κ2) is 5.95. The van der Waals surface area contributed by atoms with Crippen molar-refractivity contribution in [3.63, 3.8) is 0 Å². The molecule has 1 aromatic rings. The fourth-order valence-corrected chi connectivity index (χ4v) is 3.77. The predicted octanol–water partition coefficient (Wildman–Crippen LogP) is 3.65. The zero-order valence-corrected chi connectivity index (χ0v) is 13.0. The highest BCUT2D eigenvalue weighted by atomic mass is 32.2. The Labute approximate surface area is 120 Å². The van der Waals surface area contributed by atoms with Gasteiger partial charge in [0, 0.05) is 17.9 Å². The number of hydrogen-bond donors (Lipinski definition) is 1. The van der Waals surface area contributed by atoms with Crippen molar-refractivity contribution in [1.29, 1.82) is 0 Å². The SMILES string of the molecule is COc1ccc(NC2CSCC(C)(C)C2)c(OC)c1. The van der Waals surface area contributed by atoms with Crippen LogP contribution in [-0.2, 0) is 0 Å². The first-order valence-corrected chi connectivity index (χ1v) is 7.76. The molecule has 3 nitrogen and oxygen atoms in total. The monoisotopic (exact) mass is 281 g/mol. The average molecular weight is 281 g/mol. The van der Waals surface area contributed by atoms with Crippen LogP contribution in [-0.4, -0.2) is 31.8 Å². The third-order valence-corrected chi connectivity index (χ3v) is 5.00. The summed E-state index contributed by atoms with van der Waals surface area (Å²) in [5.74, 6) is 4.05. The molecule has 1 unspecified atom stereocenters. The largest absolute Gasteiger partial charge is 0.497 e. The minimum absolute atomic E-state index is 0.403. The molecule has 0 radical (unpaired) electrons. The highest BCUT2D eigenvalue weighted by Crippen LogP contribution is 2.36. The molecule has 1 aromatic carbocycles. The second-order valence-electron chi connectivity index (χ2n) is 5.79. The summed E-state index contributed by atoms with van der Waals surface area (Å²) in [5.41, 5.74) is 1.45. The fraction of sp³-hybridized carbons (Fsp3) is 0.600. The predicted molar refractivity (Wildman–Crippen MR) is 82.7 cm³/mol. The van der Waals surface area contributed by atoms with Gasteiger partial charge in [0.05, 0.1) is 19.9 Å². The zero-order chi connectivity index (χ0) is 13.9. The van der Waals surface area contributed by atoms with Crippen LogP contribution in [0.2, 0.25) is 0 Å². The molecule has 0 aromatic heterocycles. The maximum atomic E-state index is 5.43. The van der Waals surface area contributed by atoms with E-state index in [0.29, 0.717) is 11.5 Å². The molecule has 1 N–H and O–H groups in total. The molecular formula is C15H23NO2S. The Balaban J connectivity index is 2.10. The van der Waals surface area contributed by atoms with Crippen molar-refractivity contribution in [3.05, 3.63) is 18.2 Å². The highest BCUT2D eigenvalue weighted by molar-refractivity contribution is 7.99. The molecule has 1 atom stereocenters. The lowest BCUT2D eigenvalue weighted by Gasteiger charge is -2.35. The van der Waals surface area contributed by atoms with Crippen LogP contribution < -0.4 is 14.8 Å². The van der Waals surface area contributed by atoms with Crippen molar-refractivity contribution in [2.45, 2.75) is 26.3 Å². The van der Waals surface area contributed by atoms with Gasteiger partial charge in [-0.15, -0.1) is 0 Å². The molecular weight excluding hydrogens is 258 g/mol. The molecule has 1 saturated heterocycles. The first-order valence-electron chi connectivity index (χ1n) is 6.60. The van der Waals surface area contributed by atoms with Crippen LogP contribution in [0.15, 0.2) is 18.2 Å². The molecule has 0 bridgehead atoms. The Kier molecular flexibility index (Phi) is 4.50. The Morgan fingerprint density at radius 3 is 2.68 bits per heavy atom. The lowest BCUT2D eigenvalue weighted by Crippen LogP contribution is -2.35. The molecule has 19 heavy (non-hydrogen) atoms. The Bertz CT molecular complexity index is 434. The summed E-state index contributed by atoms with van der Waals surface area (Å²) in [5, 5.41) is 3.61. The Hall–Kier alpha value is -1.03. The quantitative estimate of drug-likeness (QED) is 0.912. The summed E-state index contributed by atoms with van der Waals surface area (Å²) in [4.78, 5) is 0. The fourth-order valence-electron chi connectivity index (χ4n) is 2.49. The number of methoxy groups -OCH3 is 2. The molecule has 1 aliphatic rings. The molecule has 0 spiro atoms. The maximum Gasteiger partial charge on any atom is 0.145 e. The van der Waals surface area contributed by atoms with Crippen LogP contribution in [0, 0.1) is 5.41 Å². The number of rotatable bonds is 4. The molecule has 0 amide bonds. The van der Waals surface area contributed by atoms with E-state index in [1.807, 2.05) is 30.0 Å². The van der Waals surface area contributed by atoms with Crippen LogP contribution in [0.25, 0.3) is 0 Å². The van der Waals surface area contributed by atoms with E-state index >= 15 is 0 Å². The molecule has 1 aliphatic heterocycles. The molecule has 4 heteroatoms. The van der Waals surface area contributed by atoms with Gasteiger partial charge < -0.3 is 14.8 Å². The van der Waals surface area contributed by atoms with Gasteiger partial charge >= 0.3 is 0 Å². The number of ether oxygens (including phenoxy) is 2. The van der Waals surface area contributed by atoms with Gasteiger partial charge in [-0.05, 0) is 29.7 Å². The van der Waals surface area contributed by atoms with Crippen LogP contribution in [0.5, 0.6) is 11.5 Å². The Morgan fingerprint density at radius 2 is 2.05 bits per heavy atom. The van der Waals surface area contributed by atoms with Crippen molar-refractivity contribution in [2.24, 2.45) is 5.41 Å². The van der Waals surface area contributed by atoms with Gasteiger partial charge in [0.2, 0.25) is 0 Å². The van der Waals surface area contributed by atoms with Gasteiger partial charge in [0.1, 0.15) is 11.5 Å². The van der Waals surface area contributed by atoms with Crippen molar-refractivity contribution in [2.75, 3.05) is 31.0 Å². The highest BCUT2D eigenvalue weighted by Gasteiger charge is 2.28. The van der Waals surface area contributed by atoms with E-state index in [9.17, 15) is 0 Å². The van der Waals surface area contributed by atoms with E-state index in [-0.39, 0.29) is 0 Å². The lowest BCUT2D eigenvalue weighted by molar-refractivity contribution is 0.356. The normalized spacial score (nSPS) is 21.8. The maximum absolute atomic E-state index is 5.43. The summed E-state index contributed by atoms with van der Waals surface area (Å²) >= 11 is 2.02. The van der Waals surface area contributed by atoms with Gasteiger partial charge in [-0.25, -0.2) is 0 Å². The summed E-state index contributed by atoms with van der Waals surface area (Å²) in [6.07, 6.45) is 1.19. The minimum Gasteiger partial charge on any atom is -0.497 e. The number of nitrogens with one attached hydrogen (secondary N) is 1. The summed E-state index contributed by atoms with van der Waals surface area (Å²) < 4.78 is 10.7. The van der Waals surface area contributed by atoms with Gasteiger partial charge in [-0.3, -0.25) is 0 Å². The third-order valence-electron chi connectivity index (χ3n) is 3.38. The van der Waals surface area contributed by atoms with Crippen LogP contribution in [0.1, 0.15) is 20.3 Å². The summed E-state index contributed by atoms with van der Waals surface area (Å²) in [6, 6.07) is 6.41. The standard InChI is InChI=1S/C15H23NO2S/c1-15(2)8-11(9-19-10-15)16-13-6-5-12(17-3)7-14(13)18-4/h5-7,11,16H,8-10H2,1-4H3. The smallest absolute Gasteiger partial charge is 0.145 e. The molecule has 0 saturated carbocycles. The summed E-state index contributed by atoms with van der Waals surface area (Å²) in [7, 11) is 3.36. The van der Waals surface area contributed by atoms with E-state index in [1.165, 1.54) is 12.2 Å². The van der Waals surface area contributed by atoms with Crippen molar-refractivity contribution < 1.29 is 9.47 Å². The average Bonchev–Trinajstić information content (AvgIpc) is 2.38. The first kappa shape index (κ1) is 14.4. The number of benzene rings is 1. The lowest BCUT2D eigenvalue weighted by atomic mass is 9.88. The molecule has 106 valence electrons. The van der Waals surface area contributed by atoms with Crippen molar-refractivity contribution >= 4 is 17.4 Å². The van der Waals surface area contributed by atoms with Crippen molar-refractivity contribution in [3.8, 4) is 11.5 Å². The van der Waals surface area contributed by atoms with Gasteiger partial charge in [-0.1, -0.05) is 13.8 Å². The number of thioether (sulfide) groups is 1. The van der Waals surface area contributed by atoms with E-state index in [4.69, 9.17) is 9.47 Å². The number of hydrogen-bond acceptors (Lipinski definition) is 4. The minimum atomic E-state index is 0.403. The van der Waals surface area contributed by atoms with Gasteiger partial charge in [-0.2, -0.15) is 11.8 Å². The zero-order valence-electron chi connectivity index (χ0n) is 12.2. The summed E-state index contributed by atoms with van der Waals surface area (Å²) in [6.45, 7) is 4.66. The molecule has 1 heterocycles. The molecule has 2 rings (SSSR count). The van der Waals surface area contributed by atoms with Gasteiger partial charge in [0.15, 0.2) is 0 Å². The van der Waals surface area contributed by atoms with Crippen LogP contribution >= 0.6 is 11.8 Å². The van der Waals surface area contributed by atoms with Gasteiger partial charge in [0.25, 0.3) is 0 Å². The van der Waals surface area contributed by atoms with Crippen LogP contribution in [0.4, 0.5) is 5.69 Å². The molecule has 1 fully saturated rings. The van der Waals surface area contributed by atoms with E-state index < -0.39 is 0 Å². The van der Waals surface area contributed by atoms with E-state index in [1.54, 1.807) is 14.2 Å². The van der Waals surface area contributed by atoms with E-state index in [0.717, 1.165) is 22.9 Å².